The summed E-state index contributed by atoms with van der Waals surface area (Å²) in [6.45, 7) is 7.70. The highest BCUT2D eigenvalue weighted by molar-refractivity contribution is 6.46. The number of aliphatic hydroxyl groups is 1. The molecule has 2 aromatic rings. The van der Waals surface area contributed by atoms with Crippen LogP contribution in [-0.4, -0.2) is 79.7 Å². The summed E-state index contributed by atoms with van der Waals surface area (Å²) in [5, 5.41) is 11.2. The Hall–Kier alpha value is -3.62. The third-order valence-electron chi connectivity index (χ3n) is 6.21. The van der Waals surface area contributed by atoms with Crippen LogP contribution >= 0.6 is 0 Å². The number of benzene rings is 2. The summed E-state index contributed by atoms with van der Waals surface area (Å²) in [5.74, 6) is -0.558. The molecule has 2 saturated heterocycles. The molecule has 2 fully saturated rings. The number of amides is 1. The van der Waals surface area contributed by atoms with Gasteiger partial charge in [-0.15, -0.1) is 0 Å². The second-order valence-corrected chi connectivity index (χ2v) is 8.32. The van der Waals surface area contributed by atoms with Crippen molar-refractivity contribution in [1.82, 2.24) is 9.80 Å². The Morgan fingerprint density at radius 2 is 1.86 bits per heavy atom. The van der Waals surface area contributed by atoms with Crippen LogP contribution in [0.4, 0.5) is 0 Å². The zero-order valence-corrected chi connectivity index (χ0v) is 19.8. The van der Waals surface area contributed by atoms with Gasteiger partial charge in [0, 0.05) is 31.7 Å². The summed E-state index contributed by atoms with van der Waals surface area (Å²) in [4.78, 5) is 30.1. The molecule has 1 unspecified atom stereocenters. The summed E-state index contributed by atoms with van der Waals surface area (Å²) < 4.78 is 16.6. The van der Waals surface area contributed by atoms with Gasteiger partial charge in [-0.2, -0.15) is 0 Å². The maximum absolute atomic E-state index is 13.2. The lowest BCUT2D eigenvalue weighted by atomic mass is 9.95. The topological polar surface area (TPSA) is 88.5 Å². The molecule has 35 heavy (non-hydrogen) atoms. The first kappa shape index (κ1) is 24.5. The number of carbonyl (C=O) groups is 2. The zero-order chi connectivity index (χ0) is 24.8. The van der Waals surface area contributed by atoms with Gasteiger partial charge in [-0.3, -0.25) is 14.5 Å². The third kappa shape index (κ3) is 5.23. The number of rotatable bonds is 9. The predicted molar refractivity (Wildman–Crippen MR) is 131 cm³/mol. The number of hydrogen-bond acceptors (Lipinski definition) is 7. The number of hydrogen-bond donors (Lipinski definition) is 1. The summed E-state index contributed by atoms with van der Waals surface area (Å²) in [6.07, 6.45) is 1.63. The van der Waals surface area contributed by atoms with E-state index in [0.717, 1.165) is 13.1 Å². The van der Waals surface area contributed by atoms with Crippen molar-refractivity contribution in [1.29, 1.82) is 0 Å². The molecule has 2 aromatic carbocycles. The van der Waals surface area contributed by atoms with E-state index in [4.69, 9.17) is 14.2 Å². The summed E-state index contributed by atoms with van der Waals surface area (Å²) in [5.41, 5.74) is 1.18. The van der Waals surface area contributed by atoms with Crippen LogP contribution in [0.5, 0.6) is 11.5 Å². The van der Waals surface area contributed by atoms with Crippen LogP contribution in [0, 0.1) is 0 Å². The van der Waals surface area contributed by atoms with Crippen LogP contribution in [0.2, 0.25) is 0 Å². The number of methoxy groups -OCH3 is 1. The van der Waals surface area contributed by atoms with Gasteiger partial charge in [0.1, 0.15) is 12.4 Å². The van der Waals surface area contributed by atoms with Crippen LogP contribution in [-0.2, 0) is 14.3 Å². The molecule has 4 rings (SSSR count). The van der Waals surface area contributed by atoms with Crippen molar-refractivity contribution in [2.45, 2.75) is 6.04 Å². The monoisotopic (exact) mass is 478 g/mol. The average Bonchev–Trinajstić information content (AvgIpc) is 3.16. The Balaban J connectivity index is 1.75. The molecule has 1 atom stereocenters. The molecule has 0 spiro atoms. The third-order valence-corrected chi connectivity index (χ3v) is 6.21. The largest absolute Gasteiger partial charge is 0.507 e. The Bertz CT molecular complexity index is 1110. The molecule has 0 aliphatic carbocycles. The van der Waals surface area contributed by atoms with Crippen LogP contribution in [0.1, 0.15) is 17.2 Å². The lowest BCUT2D eigenvalue weighted by Gasteiger charge is -2.31. The lowest BCUT2D eigenvalue weighted by Crippen LogP contribution is -2.42. The molecule has 8 nitrogen and oxygen atoms in total. The fourth-order valence-corrected chi connectivity index (χ4v) is 4.40. The molecule has 0 radical (unpaired) electrons. The minimum absolute atomic E-state index is 0.0602. The maximum Gasteiger partial charge on any atom is 0.295 e. The predicted octanol–water partition coefficient (Wildman–Crippen LogP) is 3.01. The highest BCUT2D eigenvalue weighted by Gasteiger charge is 2.46. The molecular formula is C27H30N2O6. The van der Waals surface area contributed by atoms with Gasteiger partial charge < -0.3 is 24.2 Å². The molecule has 2 aliphatic heterocycles. The number of nitrogens with zero attached hydrogens (tertiary/aromatic N) is 2. The molecule has 184 valence electrons. The van der Waals surface area contributed by atoms with Crippen LogP contribution in [0.15, 0.2) is 66.8 Å². The molecule has 8 heteroatoms. The van der Waals surface area contributed by atoms with E-state index in [2.05, 4.69) is 11.5 Å². The van der Waals surface area contributed by atoms with E-state index >= 15 is 0 Å². The van der Waals surface area contributed by atoms with Gasteiger partial charge in [0.05, 0.1) is 31.9 Å². The normalized spacial score (nSPS) is 20.1. The molecule has 2 heterocycles. The van der Waals surface area contributed by atoms with Gasteiger partial charge in [0.25, 0.3) is 11.7 Å². The lowest BCUT2D eigenvalue weighted by molar-refractivity contribution is -0.140. The second-order valence-electron chi connectivity index (χ2n) is 8.32. The van der Waals surface area contributed by atoms with E-state index in [-0.39, 0.29) is 11.3 Å². The first-order valence-corrected chi connectivity index (χ1v) is 11.6. The highest BCUT2D eigenvalue weighted by atomic mass is 16.5. The minimum Gasteiger partial charge on any atom is -0.507 e. The fraction of sp³-hybridized carbons (Fsp3) is 0.333. The van der Waals surface area contributed by atoms with Crippen molar-refractivity contribution in [3.05, 3.63) is 77.9 Å². The second kappa shape index (κ2) is 11.2. The number of morpholine rings is 1. The molecule has 1 amide bonds. The van der Waals surface area contributed by atoms with E-state index < -0.39 is 17.7 Å². The van der Waals surface area contributed by atoms with Crippen molar-refractivity contribution >= 4 is 17.4 Å². The first-order chi connectivity index (χ1) is 17.0. The van der Waals surface area contributed by atoms with Crippen LogP contribution in [0.25, 0.3) is 5.76 Å². The Morgan fingerprint density at radius 1 is 1.11 bits per heavy atom. The number of ether oxygens (including phenoxy) is 3. The van der Waals surface area contributed by atoms with Crippen LogP contribution in [0.3, 0.4) is 0 Å². The van der Waals surface area contributed by atoms with Gasteiger partial charge in [-0.05, 0) is 17.7 Å². The number of likely N-dealkylation sites (tertiary alicyclic amines) is 1. The fourth-order valence-electron chi connectivity index (χ4n) is 4.40. The highest BCUT2D eigenvalue weighted by Crippen LogP contribution is 2.41. The van der Waals surface area contributed by atoms with E-state index in [1.54, 1.807) is 48.5 Å². The quantitative estimate of drug-likeness (QED) is 0.257. The van der Waals surface area contributed by atoms with Crippen LogP contribution < -0.4 is 9.47 Å². The number of ketones is 1. The van der Waals surface area contributed by atoms with Gasteiger partial charge in [-0.25, -0.2) is 0 Å². The van der Waals surface area contributed by atoms with Gasteiger partial charge >= 0.3 is 0 Å². The molecule has 1 N–H and O–H groups in total. The molecular weight excluding hydrogens is 448 g/mol. The standard InChI is InChI=1S/C27H30N2O6/c1-3-15-35-21-10-9-20(18-22(21)33-2)24-23(25(30)19-7-5-4-6-8-19)26(31)27(32)29(24)12-11-28-13-16-34-17-14-28/h3-10,18,24,30H,1,11-17H2,2H3/b25-23+. The van der Waals surface area contributed by atoms with Gasteiger partial charge in [0.15, 0.2) is 11.5 Å². The Morgan fingerprint density at radius 3 is 2.54 bits per heavy atom. The molecule has 2 aliphatic rings. The van der Waals surface area contributed by atoms with Crippen molar-refractivity contribution < 1.29 is 28.9 Å². The Labute approximate surface area is 205 Å². The molecule has 0 aromatic heterocycles. The zero-order valence-electron chi connectivity index (χ0n) is 19.8. The van der Waals surface area contributed by atoms with E-state index in [1.165, 1.54) is 12.0 Å². The maximum atomic E-state index is 13.2. The smallest absolute Gasteiger partial charge is 0.295 e. The number of carbonyl (C=O) groups excluding carboxylic acids is 2. The molecule has 0 saturated carbocycles. The average molecular weight is 479 g/mol. The van der Waals surface area contributed by atoms with E-state index in [0.29, 0.717) is 55.5 Å². The van der Waals surface area contributed by atoms with E-state index in [9.17, 15) is 14.7 Å². The number of Topliss-reactive ketones (excluding diaryl/α,β-unsaturated/α-hetero) is 1. The SMILES string of the molecule is C=CCOc1ccc(C2/C(=C(\O)c3ccccc3)C(=O)C(=O)N2CCN2CCOCC2)cc1OC. The van der Waals surface area contributed by atoms with Crippen molar-refractivity contribution in [3.63, 3.8) is 0 Å². The van der Waals surface area contributed by atoms with Crippen molar-refractivity contribution in [3.8, 4) is 11.5 Å². The summed E-state index contributed by atoms with van der Waals surface area (Å²) in [6, 6.07) is 13.3. The van der Waals surface area contributed by atoms with Crippen molar-refractivity contribution in [2.75, 3.05) is 53.1 Å². The minimum atomic E-state index is -0.765. The summed E-state index contributed by atoms with van der Waals surface area (Å²) in [7, 11) is 1.53. The number of aliphatic hydroxyl groups excluding tert-OH is 1. The Kier molecular flexibility index (Phi) is 7.84. The summed E-state index contributed by atoms with van der Waals surface area (Å²) >= 11 is 0. The molecule has 0 bridgehead atoms. The van der Waals surface area contributed by atoms with E-state index in [1.807, 2.05) is 6.07 Å². The van der Waals surface area contributed by atoms with Gasteiger partial charge in [0.2, 0.25) is 0 Å². The van der Waals surface area contributed by atoms with Gasteiger partial charge in [-0.1, -0.05) is 49.1 Å². The van der Waals surface area contributed by atoms with Crippen molar-refractivity contribution in [2.24, 2.45) is 0 Å². The first-order valence-electron chi connectivity index (χ1n) is 11.6.